The fourth-order valence-corrected chi connectivity index (χ4v) is 2.33. The first-order chi connectivity index (χ1) is 10.1. The molecule has 1 amide bonds. The van der Waals surface area contributed by atoms with Crippen LogP contribution in [0.3, 0.4) is 0 Å². The van der Waals surface area contributed by atoms with Gasteiger partial charge in [0.2, 0.25) is 0 Å². The Kier molecular flexibility index (Phi) is 3.27. The van der Waals surface area contributed by atoms with Gasteiger partial charge >= 0.3 is 0 Å². The summed E-state index contributed by atoms with van der Waals surface area (Å²) >= 11 is 5.90. The van der Waals surface area contributed by atoms with E-state index < -0.39 is 11.7 Å². The Bertz CT molecular complexity index is 824. The number of para-hydroxylation sites is 1. The third kappa shape index (κ3) is 2.43. The molecule has 6 heteroatoms. The maximum absolute atomic E-state index is 13.7. The minimum absolute atomic E-state index is 0.0394. The van der Waals surface area contributed by atoms with Crippen molar-refractivity contribution < 1.29 is 9.18 Å². The van der Waals surface area contributed by atoms with Crippen LogP contribution in [-0.2, 0) is 0 Å². The minimum Gasteiger partial charge on any atom is -0.399 e. The first kappa shape index (κ1) is 13.5. The Morgan fingerprint density at radius 1 is 1.29 bits per heavy atom. The van der Waals surface area contributed by atoms with Crippen molar-refractivity contribution in [1.82, 2.24) is 4.98 Å². The zero-order valence-corrected chi connectivity index (χ0v) is 11.5. The van der Waals surface area contributed by atoms with Crippen LogP contribution < -0.4 is 11.1 Å². The topological polar surface area (TPSA) is 70.9 Å². The predicted molar refractivity (Wildman–Crippen MR) is 82.1 cm³/mol. The van der Waals surface area contributed by atoms with Gasteiger partial charge in [-0.2, -0.15) is 0 Å². The Hall–Kier alpha value is -2.53. The molecule has 0 atom stereocenters. The van der Waals surface area contributed by atoms with Gasteiger partial charge in [0.05, 0.1) is 16.3 Å². The number of amides is 1. The number of rotatable bonds is 2. The molecule has 0 aliphatic rings. The smallest absolute Gasteiger partial charge is 0.257 e. The molecule has 4 nitrogen and oxygen atoms in total. The molecule has 21 heavy (non-hydrogen) atoms. The van der Waals surface area contributed by atoms with Crippen LogP contribution in [0, 0.1) is 5.82 Å². The zero-order chi connectivity index (χ0) is 15.0. The number of benzene rings is 2. The van der Waals surface area contributed by atoms with Gasteiger partial charge in [0, 0.05) is 22.8 Å². The minimum atomic E-state index is -0.588. The van der Waals surface area contributed by atoms with Gasteiger partial charge in [-0.05, 0) is 30.3 Å². The second-order valence-electron chi connectivity index (χ2n) is 4.56. The largest absolute Gasteiger partial charge is 0.399 e. The molecule has 0 bridgehead atoms. The van der Waals surface area contributed by atoms with Crippen molar-refractivity contribution in [2.24, 2.45) is 0 Å². The highest BCUT2D eigenvalue weighted by Gasteiger charge is 2.15. The number of halogens is 2. The molecule has 1 aromatic heterocycles. The number of hydrogen-bond acceptors (Lipinski definition) is 2. The molecule has 0 radical (unpaired) electrons. The number of aromatic nitrogens is 1. The van der Waals surface area contributed by atoms with E-state index in [2.05, 4.69) is 10.3 Å². The van der Waals surface area contributed by atoms with E-state index in [1.807, 2.05) is 0 Å². The molecular formula is C15H11ClFN3O. The highest BCUT2D eigenvalue weighted by molar-refractivity contribution is 6.34. The number of fused-ring (bicyclic) bond motifs is 1. The first-order valence-electron chi connectivity index (χ1n) is 6.18. The lowest BCUT2D eigenvalue weighted by Crippen LogP contribution is -2.13. The van der Waals surface area contributed by atoms with E-state index in [1.54, 1.807) is 24.4 Å². The van der Waals surface area contributed by atoms with Gasteiger partial charge in [-0.15, -0.1) is 0 Å². The standard InChI is InChI=1S/C15H11ClFN3O/c16-11-2-1-3-12(17)14(11)20-15(21)10-7-19-13-5-4-8(18)6-9(10)13/h1-7,19H,18H2,(H,20,21). The van der Waals surface area contributed by atoms with Crippen molar-refractivity contribution in [3.05, 3.63) is 59.0 Å². The van der Waals surface area contributed by atoms with Gasteiger partial charge < -0.3 is 16.0 Å². The van der Waals surface area contributed by atoms with Crippen molar-refractivity contribution in [2.45, 2.75) is 0 Å². The van der Waals surface area contributed by atoms with Crippen molar-refractivity contribution in [1.29, 1.82) is 0 Å². The second-order valence-corrected chi connectivity index (χ2v) is 4.97. The monoisotopic (exact) mass is 303 g/mol. The summed E-state index contributed by atoms with van der Waals surface area (Å²) in [6.07, 6.45) is 1.55. The molecule has 0 fully saturated rings. The number of carbonyl (C=O) groups is 1. The number of hydrogen-bond donors (Lipinski definition) is 3. The van der Waals surface area contributed by atoms with Crippen molar-refractivity contribution in [3.63, 3.8) is 0 Å². The van der Waals surface area contributed by atoms with E-state index in [9.17, 15) is 9.18 Å². The number of nitrogen functional groups attached to an aromatic ring is 1. The predicted octanol–water partition coefficient (Wildman–Crippen LogP) is 3.79. The SMILES string of the molecule is Nc1ccc2[nH]cc(C(=O)Nc3c(F)cccc3Cl)c2c1. The van der Waals surface area contributed by atoms with E-state index >= 15 is 0 Å². The summed E-state index contributed by atoms with van der Waals surface area (Å²) in [7, 11) is 0. The van der Waals surface area contributed by atoms with Gasteiger partial charge in [0.15, 0.2) is 0 Å². The molecule has 3 aromatic rings. The fraction of sp³-hybridized carbons (Fsp3) is 0. The number of anilines is 2. The lowest BCUT2D eigenvalue weighted by molar-refractivity contribution is 0.102. The van der Waals surface area contributed by atoms with Crippen LogP contribution in [0.1, 0.15) is 10.4 Å². The van der Waals surface area contributed by atoms with E-state index in [1.165, 1.54) is 18.2 Å². The first-order valence-corrected chi connectivity index (χ1v) is 6.56. The van der Waals surface area contributed by atoms with Crippen LogP contribution in [0.4, 0.5) is 15.8 Å². The number of aromatic amines is 1. The summed E-state index contributed by atoms with van der Waals surface area (Å²) in [5.41, 5.74) is 7.37. The van der Waals surface area contributed by atoms with Gasteiger partial charge in [0.25, 0.3) is 5.91 Å². The molecule has 2 aromatic carbocycles. The molecule has 0 unspecified atom stereocenters. The molecule has 0 aliphatic heterocycles. The summed E-state index contributed by atoms with van der Waals surface area (Å²) in [5, 5.41) is 3.29. The molecule has 0 saturated carbocycles. The second kappa shape index (κ2) is 5.10. The summed E-state index contributed by atoms with van der Waals surface area (Å²) in [4.78, 5) is 15.3. The van der Waals surface area contributed by atoms with Gasteiger partial charge in [0.1, 0.15) is 5.82 Å². The Morgan fingerprint density at radius 2 is 2.10 bits per heavy atom. The van der Waals surface area contributed by atoms with E-state index in [0.29, 0.717) is 16.6 Å². The average Bonchev–Trinajstić information content (AvgIpc) is 2.86. The molecule has 3 rings (SSSR count). The van der Waals surface area contributed by atoms with E-state index in [0.717, 1.165) is 5.52 Å². The number of H-pyrrole nitrogens is 1. The van der Waals surface area contributed by atoms with Gasteiger partial charge in [-0.3, -0.25) is 4.79 Å². The Morgan fingerprint density at radius 3 is 2.86 bits per heavy atom. The van der Waals surface area contributed by atoms with Crippen LogP contribution in [0.15, 0.2) is 42.6 Å². The maximum atomic E-state index is 13.7. The van der Waals surface area contributed by atoms with Crippen LogP contribution in [0.2, 0.25) is 5.02 Å². The number of nitrogens with one attached hydrogen (secondary N) is 2. The van der Waals surface area contributed by atoms with E-state index in [-0.39, 0.29) is 10.7 Å². The average molecular weight is 304 g/mol. The van der Waals surface area contributed by atoms with Crippen molar-refractivity contribution in [2.75, 3.05) is 11.1 Å². The van der Waals surface area contributed by atoms with Crippen molar-refractivity contribution >= 4 is 39.8 Å². The lowest BCUT2D eigenvalue weighted by Gasteiger charge is -2.07. The zero-order valence-electron chi connectivity index (χ0n) is 10.8. The number of nitrogens with two attached hydrogens (primary N) is 1. The fourth-order valence-electron chi connectivity index (χ4n) is 2.12. The van der Waals surface area contributed by atoms with E-state index in [4.69, 9.17) is 17.3 Å². The van der Waals surface area contributed by atoms with Crippen LogP contribution >= 0.6 is 11.6 Å². The van der Waals surface area contributed by atoms with Gasteiger partial charge in [-0.25, -0.2) is 4.39 Å². The van der Waals surface area contributed by atoms with Crippen LogP contribution in [0.25, 0.3) is 10.9 Å². The van der Waals surface area contributed by atoms with Crippen molar-refractivity contribution in [3.8, 4) is 0 Å². The molecule has 0 aliphatic carbocycles. The molecule has 0 spiro atoms. The third-order valence-corrected chi connectivity index (χ3v) is 3.47. The van der Waals surface area contributed by atoms with Crippen LogP contribution in [-0.4, -0.2) is 10.9 Å². The highest BCUT2D eigenvalue weighted by Crippen LogP contribution is 2.27. The summed E-state index contributed by atoms with van der Waals surface area (Å²) in [6.45, 7) is 0. The molecule has 0 saturated heterocycles. The third-order valence-electron chi connectivity index (χ3n) is 3.15. The number of carbonyl (C=O) groups excluding carboxylic acids is 1. The van der Waals surface area contributed by atoms with Gasteiger partial charge in [-0.1, -0.05) is 17.7 Å². The summed E-state index contributed by atoms with van der Waals surface area (Å²) < 4.78 is 13.7. The quantitative estimate of drug-likeness (QED) is 0.630. The lowest BCUT2D eigenvalue weighted by atomic mass is 10.1. The summed E-state index contributed by atoms with van der Waals surface area (Å²) in [5.74, 6) is -1.05. The molecule has 4 N–H and O–H groups in total. The Balaban J connectivity index is 2.00. The molecular weight excluding hydrogens is 293 g/mol. The normalized spacial score (nSPS) is 10.8. The molecule has 1 heterocycles. The Labute approximate surface area is 124 Å². The maximum Gasteiger partial charge on any atom is 0.257 e. The highest BCUT2D eigenvalue weighted by atomic mass is 35.5. The molecule has 106 valence electrons. The summed E-state index contributed by atoms with van der Waals surface area (Å²) in [6, 6.07) is 9.40. The van der Waals surface area contributed by atoms with Crippen LogP contribution in [0.5, 0.6) is 0 Å².